The molecule has 0 fully saturated rings. The summed E-state index contributed by atoms with van der Waals surface area (Å²) in [6, 6.07) is 8.59. The van der Waals surface area contributed by atoms with Gasteiger partial charge in [0.1, 0.15) is 17.1 Å². The van der Waals surface area contributed by atoms with Crippen LogP contribution in [-0.2, 0) is 12.8 Å². The zero-order valence-corrected chi connectivity index (χ0v) is 12.7. The summed E-state index contributed by atoms with van der Waals surface area (Å²) in [4.78, 5) is 0. The lowest BCUT2D eigenvalue weighted by molar-refractivity contribution is -0.212. The first-order chi connectivity index (χ1) is 11.4. The Morgan fingerprint density at radius 3 is 2.42 bits per heavy atom. The fourth-order valence-corrected chi connectivity index (χ4v) is 2.23. The highest BCUT2D eigenvalue weighted by Crippen LogP contribution is 2.27. The number of alkyl halides is 3. The van der Waals surface area contributed by atoms with Gasteiger partial charge in [-0.2, -0.15) is 14.9 Å². The number of methoxy groups -OCH3 is 1. The van der Waals surface area contributed by atoms with Crippen LogP contribution in [-0.4, -0.2) is 26.7 Å². The lowest BCUT2D eigenvalue weighted by Crippen LogP contribution is -2.17. The van der Waals surface area contributed by atoms with Crippen LogP contribution in [0.5, 0.6) is 5.75 Å². The van der Waals surface area contributed by atoms with E-state index in [9.17, 15) is 13.2 Å². The van der Waals surface area contributed by atoms with Gasteiger partial charge in [0.2, 0.25) is 0 Å². The standard InChI is InChI=1S/C15H14F3N5O/c1-24-11-4-2-10(3-5-11)8-22-9-12(19)14(21-22)13-6-7-23(20-13)15(16,17)18/h2-7,9H,8,19H2,1H3. The maximum absolute atomic E-state index is 12.6. The number of nitrogens with zero attached hydrogens (tertiary/aromatic N) is 4. The molecular weight excluding hydrogens is 323 g/mol. The van der Waals surface area contributed by atoms with Crippen LogP contribution >= 0.6 is 0 Å². The number of halogens is 3. The normalized spacial score (nSPS) is 11.7. The predicted molar refractivity (Wildman–Crippen MR) is 81.3 cm³/mol. The maximum atomic E-state index is 12.6. The molecule has 0 atom stereocenters. The number of aromatic nitrogens is 4. The number of nitrogens with two attached hydrogens (primary N) is 1. The molecule has 2 N–H and O–H groups in total. The van der Waals surface area contributed by atoms with Crippen molar-refractivity contribution in [1.29, 1.82) is 0 Å². The van der Waals surface area contributed by atoms with Crippen molar-refractivity contribution in [3.8, 4) is 17.1 Å². The summed E-state index contributed by atoms with van der Waals surface area (Å²) in [7, 11) is 1.58. The van der Waals surface area contributed by atoms with Crippen molar-refractivity contribution in [2.24, 2.45) is 0 Å². The van der Waals surface area contributed by atoms with Crippen LogP contribution in [0.25, 0.3) is 11.4 Å². The number of nitrogen functional groups attached to an aromatic ring is 1. The van der Waals surface area contributed by atoms with Gasteiger partial charge in [0, 0.05) is 12.4 Å². The first-order valence-electron chi connectivity index (χ1n) is 6.96. The van der Waals surface area contributed by atoms with E-state index in [1.54, 1.807) is 18.0 Å². The Balaban J connectivity index is 1.83. The minimum absolute atomic E-state index is 0.0679. The van der Waals surface area contributed by atoms with Crippen LogP contribution in [0.2, 0.25) is 0 Å². The second kappa shape index (κ2) is 5.91. The Hall–Kier alpha value is -2.97. The summed E-state index contributed by atoms with van der Waals surface area (Å²) in [5.74, 6) is 0.733. The van der Waals surface area contributed by atoms with Crippen molar-refractivity contribution in [1.82, 2.24) is 19.6 Å². The number of hydrogen-bond acceptors (Lipinski definition) is 4. The Kier molecular flexibility index (Phi) is 3.92. The second-order valence-electron chi connectivity index (χ2n) is 5.09. The van der Waals surface area contributed by atoms with E-state index in [0.29, 0.717) is 6.54 Å². The van der Waals surface area contributed by atoms with Gasteiger partial charge < -0.3 is 10.5 Å². The fraction of sp³-hybridized carbons (Fsp3) is 0.200. The molecule has 6 nitrogen and oxygen atoms in total. The number of ether oxygens (including phenoxy) is 1. The van der Waals surface area contributed by atoms with E-state index in [1.165, 1.54) is 6.07 Å². The van der Waals surface area contributed by atoms with Gasteiger partial charge in [-0.3, -0.25) is 4.68 Å². The monoisotopic (exact) mass is 337 g/mol. The molecule has 2 aromatic heterocycles. The second-order valence-corrected chi connectivity index (χ2v) is 5.09. The average molecular weight is 337 g/mol. The van der Waals surface area contributed by atoms with Gasteiger partial charge in [-0.25, -0.2) is 0 Å². The lowest BCUT2D eigenvalue weighted by Gasteiger charge is -2.04. The molecule has 0 unspecified atom stereocenters. The van der Waals surface area contributed by atoms with E-state index in [2.05, 4.69) is 10.2 Å². The predicted octanol–water partition coefficient (Wildman–Crippen LogP) is 2.86. The molecule has 24 heavy (non-hydrogen) atoms. The molecule has 3 rings (SSSR count). The third kappa shape index (κ3) is 3.19. The molecule has 0 bridgehead atoms. The Morgan fingerprint density at radius 1 is 1.12 bits per heavy atom. The van der Waals surface area contributed by atoms with Crippen LogP contribution in [0.15, 0.2) is 42.7 Å². The zero-order chi connectivity index (χ0) is 17.3. The van der Waals surface area contributed by atoms with Gasteiger partial charge in [-0.1, -0.05) is 12.1 Å². The average Bonchev–Trinajstić information content (AvgIpc) is 3.14. The molecule has 3 aromatic rings. The van der Waals surface area contributed by atoms with Crippen LogP contribution in [0.3, 0.4) is 0 Å². The van der Waals surface area contributed by atoms with Crippen LogP contribution in [0.4, 0.5) is 18.9 Å². The highest BCUT2D eigenvalue weighted by molar-refractivity contribution is 5.68. The Morgan fingerprint density at radius 2 is 1.83 bits per heavy atom. The lowest BCUT2D eigenvalue weighted by atomic mass is 10.2. The molecule has 0 radical (unpaired) electrons. The van der Waals surface area contributed by atoms with E-state index < -0.39 is 6.30 Å². The van der Waals surface area contributed by atoms with Gasteiger partial charge >= 0.3 is 6.30 Å². The van der Waals surface area contributed by atoms with Crippen molar-refractivity contribution in [2.45, 2.75) is 12.8 Å². The molecule has 0 spiro atoms. The minimum atomic E-state index is -4.57. The maximum Gasteiger partial charge on any atom is 0.504 e. The molecule has 0 aliphatic rings. The number of anilines is 1. The van der Waals surface area contributed by atoms with E-state index in [-0.39, 0.29) is 21.8 Å². The van der Waals surface area contributed by atoms with Gasteiger partial charge in [-0.15, -0.1) is 13.2 Å². The summed E-state index contributed by atoms with van der Waals surface area (Å²) in [5.41, 5.74) is 7.35. The quantitative estimate of drug-likeness (QED) is 0.795. The Labute approximate surface area is 135 Å². The minimum Gasteiger partial charge on any atom is -0.497 e. The third-order valence-electron chi connectivity index (χ3n) is 3.39. The highest BCUT2D eigenvalue weighted by Gasteiger charge is 2.32. The summed E-state index contributed by atoms with van der Waals surface area (Å²) in [5, 5.41) is 7.71. The van der Waals surface area contributed by atoms with Crippen LogP contribution in [0.1, 0.15) is 5.56 Å². The summed E-state index contributed by atoms with van der Waals surface area (Å²) < 4.78 is 44.4. The van der Waals surface area contributed by atoms with Gasteiger partial charge in [0.05, 0.1) is 19.3 Å². The number of benzene rings is 1. The van der Waals surface area contributed by atoms with Crippen LogP contribution < -0.4 is 10.5 Å². The number of hydrogen-bond donors (Lipinski definition) is 1. The molecule has 2 heterocycles. The highest BCUT2D eigenvalue weighted by atomic mass is 19.4. The van der Waals surface area contributed by atoms with Crippen LogP contribution in [0, 0.1) is 0 Å². The van der Waals surface area contributed by atoms with Gasteiger partial charge in [0.25, 0.3) is 0 Å². The summed E-state index contributed by atoms with van der Waals surface area (Å²) in [6.45, 7) is 0.425. The largest absolute Gasteiger partial charge is 0.504 e. The van der Waals surface area contributed by atoms with E-state index in [1.807, 2.05) is 24.3 Å². The van der Waals surface area contributed by atoms with Crippen molar-refractivity contribution in [3.63, 3.8) is 0 Å². The van der Waals surface area contributed by atoms with Crippen molar-refractivity contribution < 1.29 is 17.9 Å². The smallest absolute Gasteiger partial charge is 0.497 e. The van der Waals surface area contributed by atoms with Crippen molar-refractivity contribution >= 4 is 5.69 Å². The molecule has 9 heteroatoms. The molecule has 0 aliphatic carbocycles. The molecule has 0 aliphatic heterocycles. The van der Waals surface area contributed by atoms with Gasteiger partial charge in [0.15, 0.2) is 0 Å². The molecule has 0 saturated heterocycles. The summed E-state index contributed by atoms with van der Waals surface area (Å²) in [6.07, 6.45) is -2.18. The first-order valence-corrected chi connectivity index (χ1v) is 6.96. The molecule has 126 valence electrons. The molecule has 0 saturated carbocycles. The van der Waals surface area contributed by atoms with E-state index in [0.717, 1.165) is 17.5 Å². The molecule has 0 amide bonds. The topological polar surface area (TPSA) is 70.9 Å². The van der Waals surface area contributed by atoms with E-state index >= 15 is 0 Å². The fourth-order valence-electron chi connectivity index (χ4n) is 2.23. The Bertz CT molecular complexity index is 836. The van der Waals surface area contributed by atoms with Crippen molar-refractivity contribution in [2.75, 3.05) is 12.8 Å². The zero-order valence-electron chi connectivity index (χ0n) is 12.7. The molecule has 1 aromatic carbocycles. The SMILES string of the molecule is COc1ccc(Cn2cc(N)c(-c3ccn(C(F)(F)F)n3)n2)cc1. The number of rotatable bonds is 4. The third-order valence-corrected chi connectivity index (χ3v) is 3.39. The summed E-state index contributed by atoms with van der Waals surface area (Å²) >= 11 is 0. The first kappa shape index (κ1) is 15.9. The molecular formula is C15H14F3N5O. The van der Waals surface area contributed by atoms with E-state index in [4.69, 9.17) is 10.5 Å². The van der Waals surface area contributed by atoms with Crippen molar-refractivity contribution in [3.05, 3.63) is 48.3 Å². The van der Waals surface area contributed by atoms with Gasteiger partial charge in [-0.05, 0) is 23.8 Å².